The van der Waals surface area contributed by atoms with Gasteiger partial charge in [-0.1, -0.05) is 0 Å². The first-order chi connectivity index (χ1) is 10.9. The Kier molecular flexibility index (Phi) is 5.43. The molecular weight excluding hydrogens is 313 g/mol. The molecule has 0 spiro atoms. The van der Waals surface area contributed by atoms with Gasteiger partial charge in [-0.15, -0.1) is 0 Å². The molecule has 0 aliphatic heterocycles. The van der Waals surface area contributed by atoms with E-state index < -0.39 is 11.7 Å². The van der Waals surface area contributed by atoms with Crippen molar-refractivity contribution in [3.63, 3.8) is 0 Å². The molecule has 0 aliphatic rings. The third-order valence-corrected chi connectivity index (χ3v) is 3.09. The summed E-state index contributed by atoms with van der Waals surface area (Å²) in [5.41, 5.74) is -0.518. The fourth-order valence-corrected chi connectivity index (χ4v) is 1.86. The Morgan fingerprint density at radius 1 is 1.26 bits per heavy atom. The standard InChI is InChI=1S/C14H17F3N4O2/c1-21-13(19-9-20-21)8-18-11-7-10(14(15,16)17)3-4-12(11)23-6-5-22-2/h3-4,7,9,18H,5-6,8H2,1-2H3. The summed E-state index contributed by atoms with van der Waals surface area (Å²) in [4.78, 5) is 4.01. The summed E-state index contributed by atoms with van der Waals surface area (Å²) in [6.45, 7) is 0.794. The lowest BCUT2D eigenvalue weighted by Gasteiger charge is -2.15. The van der Waals surface area contributed by atoms with E-state index in [2.05, 4.69) is 15.4 Å². The molecule has 0 bridgehead atoms. The molecule has 0 aliphatic carbocycles. The summed E-state index contributed by atoms with van der Waals surface area (Å²) >= 11 is 0. The average Bonchev–Trinajstić information content (AvgIpc) is 2.90. The predicted octanol–water partition coefficient (Wildman–Crippen LogP) is 2.47. The van der Waals surface area contributed by atoms with Crippen LogP contribution in [0.1, 0.15) is 11.4 Å². The lowest BCUT2D eigenvalue weighted by molar-refractivity contribution is -0.137. The van der Waals surface area contributed by atoms with Crippen molar-refractivity contribution >= 4 is 5.69 Å². The summed E-state index contributed by atoms with van der Waals surface area (Å²) in [5, 5.41) is 6.81. The molecular formula is C14H17F3N4O2. The van der Waals surface area contributed by atoms with Crippen LogP contribution in [0.25, 0.3) is 0 Å². The third-order valence-electron chi connectivity index (χ3n) is 3.09. The molecule has 1 N–H and O–H groups in total. The summed E-state index contributed by atoms with van der Waals surface area (Å²) in [6.07, 6.45) is -3.05. The highest BCUT2D eigenvalue weighted by atomic mass is 19.4. The molecule has 0 amide bonds. The highest BCUT2D eigenvalue weighted by Crippen LogP contribution is 2.35. The van der Waals surface area contributed by atoms with Crippen LogP contribution in [0, 0.1) is 0 Å². The molecule has 2 rings (SSSR count). The van der Waals surface area contributed by atoms with E-state index in [0.717, 1.165) is 12.1 Å². The largest absolute Gasteiger partial charge is 0.489 e. The summed E-state index contributed by atoms with van der Waals surface area (Å²) in [5.74, 6) is 0.905. The SMILES string of the molecule is COCCOc1ccc(C(F)(F)F)cc1NCc1ncnn1C. The van der Waals surface area contributed by atoms with Crippen molar-refractivity contribution in [3.05, 3.63) is 35.9 Å². The lowest BCUT2D eigenvalue weighted by Crippen LogP contribution is -2.12. The molecule has 0 unspecified atom stereocenters. The van der Waals surface area contributed by atoms with E-state index in [0.29, 0.717) is 18.2 Å². The molecule has 1 aromatic carbocycles. The Morgan fingerprint density at radius 3 is 2.65 bits per heavy atom. The number of nitrogens with one attached hydrogen (secondary N) is 1. The number of methoxy groups -OCH3 is 1. The van der Waals surface area contributed by atoms with Gasteiger partial charge in [0.25, 0.3) is 0 Å². The van der Waals surface area contributed by atoms with Gasteiger partial charge in [0, 0.05) is 14.2 Å². The van der Waals surface area contributed by atoms with E-state index >= 15 is 0 Å². The maximum absolute atomic E-state index is 12.9. The topological polar surface area (TPSA) is 61.2 Å². The van der Waals surface area contributed by atoms with Gasteiger partial charge in [0.05, 0.1) is 24.4 Å². The highest BCUT2D eigenvalue weighted by molar-refractivity contribution is 5.58. The van der Waals surface area contributed by atoms with E-state index in [1.54, 1.807) is 7.05 Å². The first-order valence-corrected chi connectivity index (χ1v) is 6.81. The quantitative estimate of drug-likeness (QED) is 0.790. The Labute approximate surface area is 131 Å². The second kappa shape index (κ2) is 7.32. The number of aromatic nitrogens is 3. The molecule has 0 saturated carbocycles. The van der Waals surface area contributed by atoms with Gasteiger partial charge in [-0.05, 0) is 18.2 Å². The summed E-state index contributed by atoms with van der Waals surface area (Å²) in [6, 6.07) is 3.28. The van der Waals surface area contributed by atoms with Gasteiger partial charge in [-0.3, -0.25) is 4.68 Å². The maximum Gasteiger partial charge on any atom is 0.416 e. The predicted molar refractivity (Wildman–Crippen MR) is 77.1 cm³/mol. The van der Waals surface area contributed by atoms with Crippen LogP contribution >= 0.6 is 0 Å². The number of halogens is 3. The van der Waals surface area contributed by atoms with Gasteiger partial charge >= 0.3 is 6.18 Å². The van der Waals surface area contributed by atoms with Crippen molar-refractivity contribution in [2.24, 2.45) is 7.05 Å². The molecule has 2 aromatic rings. The first-order valence-electron chi connectivity index (χ1n) is 6.81. The minimum Gasteiger partial charge on any atom is -0.489 e. The fraction of sp³-hybridized carbons (Fsp3) is 0.429. The van der Waals surface area contributed by atoms with E-state index in [-0.39, 0.29) is 18.8 Å². The molecule has 1 aromatic heterocycles. The first kappa shape index (κ1) is 17.1. The van der Waals surface area contributed by atoms with Crippen LogP contribution in [0.15, 0.2) is 24.5 Å². The zero-order valence-corrected chi connectivity index (χ0v) is 12.7. The number of nitrogens with zero attached hydrogens (tertiary/aromatic N) is 3. The zero-order chi connectivity index (χ0) is 16.9. The molecule has 0 fully saturated rings. The van der Waals surface area contributed by atoms with Crippen molar-refractivity contribution in [2.45, 2.75) is 12.7 Å². The van der Waals surface area contributed by atoms with Crippen LogP contribution in [-0.4, -0.2) is 35.1 Å². The lowest BCUT2D eigenvalue weighted by atomic mass is 10.1. The minimum absolute atomic E-state index is 0.221. The van der Waals surface area contributed by atoms with Crippen molar-refractivity contribution in [3.8, 4) is 5.75 Å². The van der Waals surface area contributed by atoms with Gasteiger partial charge in [0.1, 0.15) is 24.5 Å². The van der Waals surface area contributed by atoms with E-state index in [1.807, 2.05) is 0 Å². The van der Waals surface area contributed by atoms with Crippen LogP contribution < -0.4 is 10.1 Å². The van der Waals surface area contributed by atoms with Gasteiger partial charge in [-0.25, -0.2) is 4.98 Å². The van der Waals surface area contributed by atoms with Crippen LogP contribution in [0.2, 0.25) is 0 Å². The van der Waals surface area contributed by atoms with E-state index in [4.69, 9.17) is 9.47 Å². The molecule has 0 atom stereocenters. The third kappa shape index (κ3) is 4.59. The Hall–Kier alpha value is -2.29. The van der Waals surface area contributed by atoms with Crippen molar-refractivity contribution in [1.82, 2.24) is 14.8 Å². The fourth-order valence-electron chi connectivity index (χ4n) is 1.86. The normalized spacial score (nSPS) is 11.5. The van der Waals surface area contributed by atoms with Gasteiger partial charge in [-0.2, -0.15) is 18.3 Å². The number of aryl methyl sites for hydroxylation is 1. The zero-order valence-electron chi connectivity index (χ0n) is 12.7. The number of ether oxygens (including phenoxy) is 2. The van der Waals surface area contributed by atoms with Gasteiger partial charge < -0.3 is 14.8 Å². The second-order valence-electron chi connectivity index (χ2n) is 4.70. The maximum atomic E-state index is 12.9. The number of anilines is 1. The van der Waals surface area contributed by atoms with Gasteiger partial charge in [0.15, 0.2) is 0 Å². The Bertz CT molecular complexity index is 643. The number of alkyl halides is 3. The van der Waals surface area contributed by atoms with Crippen molar-refractivity contribution < 1.29 is 22.6 Å². The molecule has 6 nitrogen and oxygen atoms in total. The summed E-state index contributed by atoms with van der Waals surface area (Å²) in [7, 11) is 3.22. The number of rotatable bonds is 7. The monoisotopic (exact) mass is 330 g/mol. The van der Waals surface area contributed by atoms with Crippen LogP contribution in [0.4, 0.5) is 18.9 Å². The molecule has 126 valence electrons. The molecule has 0 radical (unpaired) electrons. The number of hydrogen-bond acceptors (Lipinski definition) is 5. The van der Waals surface area contributed by atoms with Crippen molar-refractivity contribution in [2.75, 3.05) is 25.6 Å². The number of benzene rings is 1. The number of hydrogen-bond donors (Lipinski definition) is 1. The Balaban J connectivity index is 2.19. The van der Waals surface area contributed by atoms with Gasteiger partial charge in [0.2, 0.25) is 0 Å². The molecule has 0 saturated heterocycles. The molecule has 1 heterocycles. The van der Waals surface area contributed by atoms with E-state index in [1.165, 1.54) is 24.2 Å². The smallest absolute Gasteiger partial charge is 0.416 e. The van der Waals surface area contributed by atoms with Crippen LogP contribution in [0.3, 0.4) is 0 Å². The highest BCUT2D eigenvalue weighted by Gasteiger charge is 2.31. The average molecular weight is 330 g/mol. The van der Waals surface area contributed by atoms with E-state index in [9.17, 15) is 13.2 Å². The van der Waals surface area contributed by atoms with Crippen molar-refractivity contribution in [1.29, 1.82) is 0 Å². The Morgan fingerprint density at radius 2 is 2.04 bits per heavy atom. The van der Waals surface area contributed by atoms with Crippen LogP contribution in [0.5, 0.6) is 5.75 Å². The summed E-state index contributed by atoms with van der Waals surface area (Å²) < 4.78 is 50.5. The molecule has 23 heavy (non-hydrogen) atoms. The minimum atomic E-state index is -4.42. The van der Waals surface area contributed by atoms with Crippen LogP contribution in [-0.2, 0) is 24.5 Å². The molecule has 9 heteroatoms. The second-order valence-corrected chi connectivity index (χ2v) is 4.70.